The highest BCUT2D eigenvalue weighted by Crippen LogP contribution is 2.79. The second-order valence-corrected chi connectivity index (χ2v) is 10.4. The fourth-order valence-corrected chi connectivity index (χ4v) is 9.09. The molecule has 1 aliphatic heterocycles. The molecule has 1 N–H and O–H groups in total. The highest BCUT2D eigenvalue weighted by Gasteiger charge is 2.77. The van der Waals surface area contributed by atoms with Crippen LogP contribution in [0.3, 0.4) is 0 Å². The van der Waals surface area contributed by atoms with Gasteiger partial charge >= 0.3 is 0 Å². The average molecular weight is 380 g/mol. The van der Waals surface area contributed by atoms with E-state index < -0.39 is 0 Å². The molecular weight excluding hydrogens is 346 g/mol. The Labute approximate surface area is 168 Å². The van der Waals surface area contributed by atoms with E-state index in [1.807, 2.05) is 0 Å². The van der Waals surface area contributed by atoms with Crippen molar-refractivity contribution in [3.63, 3.8) is 0 Å². The zero-order valence-electron chi connectivity index (χ0n) is 17.0. The molecule has 4 saturated carbocycles. The number of hydrogen-bond donors (Lipinski definition) is 1. The van der Waals surface area contributed by atoms with Gasteiger partial charge in [0.05, 0.1) is 17.9 Å². The number of hydrogen-bond acceptors (Lipinski definition) is 3. The third-order valence-corrected chi connectivity index (χ3v) is 9.97. The van der Waals surface area contributed by atoms with Gasteiger partial charge in [-0.25, -0.2) is 0 Å². The number of nitrogens with zero attached hydrogens (tertiary/aromatic N) is 1. The topological polar surface area (TPSA) is 41.8 Å². The molecule has 0 aromatic rings. The van der Waals surface area contributed by atoms with Gasteiger partial charge in [-0.2, -0.15) is 0 Å². The monoisotopic (exact) mass is 379 g/mol. The SMILES string of the molecule is C=CC1CC2=C/C(=N/O)CC[C@@H]2C2CC[C@@]3(CC)C(C4CC4[C@@]34C=CCO4)C12. The second-order valence-electron chi connectivity index (χ2n) is 10.4. The number of oxime groups is 1. The van der Waals surface area contributed by atoms with Crippen LogP contribution in [0.15, 0.2) is 41.6 Å². The molecule has 3 heteroatoms. The maximum Gasteiger partial charge on any atom is 0.0957 e. The van der Waals surface area contributed by atoms with Gasteiger partial charge in [0, 0.05) is 5.41 Å². The van der Waals surface area contributed by atoms with Gasteiger partial charge < -0.3 is 9.94 Å². The predicted octanol–water partition coefficient (Wildman–Crippen LogP) is 5.37. The van der Waals surface area contributed by atoms with Crippen molar-refractivity contribution in [2.45, 2.75) is 57.5 Å². The maximum absolute atomic E-state index is 9.29. The highest BCUT2D eigenvalue weighted by molar-refractivity contribution is 5.96. The molecule has 0 aromatic heterocycles. The van der Waals surface area contributed by atoms with Crippen molar-refractivity contribution < 1.29 is 9.94 Å². The smallest absolute Gasteiger partial charge is 0.0957 e. The summed E-state index contributed by atoms with van der Waals surface area (Å²) in [5, 5.41) is 12.8. The fraction of sp³-hybridized carbons (Fsp3) is 0.720. The molecule has 0 amide bonds. The zero-order valence-corrected chi connectivity index (χ0v) is 17.0. The fourth-order valence-electron chi connectivity index (χ4n) is 9.09. The van der Waals surface area contributed by atoms with Crippen molar-refractivity contribution in [3.8, 4) is 0 Å². The quantitative estimate of drug-likeness (QED) is 0.398. The van der Waals surface area contributed by atoms with Crippen molar-refractivity contribution in [2.75, 3.05) is 6.61 Å². The van der Waals surface area contributed by atoms with Crippen molar-refractivity contribution in [1.82, 2.24) is 0 Å². The summed E-state index contributed by atoms with van der Waals surface area (Å²) in [6.45, 7) is 7.53. The number of allylic oxidation sites excluding steroid dienone is 3. The van der Waals surface area contributed by atoms with Gasteiger partial charge in [-0.05, 0) is 92.4 Å². The molecular formula is C25H33NO2. The van der Waals surface area contributed by atoms with E-state index in [0.717, 1.165) is 61.2 Å². The maximum atomic E-state index is 9.29. The number of fused-ring (bicyclic) bond motifs is 9. The molecule has 6 aliphatic rings. The third-order valence-electron chi connectivity index (χ3n) is 9.97. The van der Waals surface area contributed by atoms with Gasteiger partial charge in [-0.1, -0.05) is 35.9 Å². The standard InChI is InChI=1S/C25H33NO2/c1-3-15-12-16-13-17(26-27)6-7-18(16)19-8-10-24(4-2)23(22(15)19)20-14-21(20)25(24)9-5-11-28-25/h3,5,9,13,15,18-23,27H,1,4,6-8,10-12,14H2,2H3/b26-17+/t15?,18-,19?,20?,21?,22?,23?,24-,25-/m0/s1. The van der Waals surface area contributed by atoms with Crippen LogP contribution in [0, 0.1) is 46.8 Å². The zero-order chi connectivity index (χ0) is 19.1. The van der Waals surface area contributed by atoms with Gasteiger partial charge in [0.1, 0.15) is 0 Å². The summed E-state index contributed by atoms with van der Waals surface area (Å²) in [7, 11) is 0. The molecule has 1 heterocycles. The Bertz CT molecular complexity index is 796. The average Bonchev–Trinajstić information content (AvgIpc) is 3.31. The molecule has 5 aliphatic carbocycles. The van der Waals surface area contributed by atoms with Crippen molar-refractivity contribution in [2.24, 2.45) is 52.0 Å². The Morgan fingerprint density at radius 3 is 2.96 bits per heavy atom. The predicted molar refractivity (Wildman–Crippen MR) is 110 cm³/mol. The van der Waals surface area contributed by atoms with Gasteiger partial charge in [-0.15, -0.1) is 6.58 Å². The largest absolute Gasteiger partial charge is 0.411 e. The molecule has 9 atom stereocenters. The summed E-state index contributed by atoms with van der Waals surface area (Å²) < 4.78 is 6.61. The van der Waals surface area contributed by atoms with Gasteiger partial charge in [0.2, 0.25) is 0 Å². The van der Waals surface area contributed by atoms with E-state index in [4.69, 9.17) is 4.74 Å². The first-order valence-electron chi connectivity index (χ1n) is 11.5. The van der Waals surface area contributed by atoms with E-state index in [0.29, 0.717) is 17.3 Å². The van der Waals surface area contributed by atoms with Crippen molar-refractivity contribution >= 4 is 5.71 Å². The Morgan fingerprint density at radius 2 is 2.25 bits per heavy atom. The summed E-state index contributed by atoms with van der Waals surface area (Å²) in [6.07, 6.45) is 17.7. The van der Waals surface area contributed by atoms with E-state index in [-0.39, 0.29) is 5.60 Å². The van der Waals surface area contributed by atoms with Gasteiger partial charge in [0.15, 0.2) is 0 Å². The molecule has 1 spiro atoms. The van der Waals surface area contributed by atoms with Gasteiger partial charge in [0.25, 0.3) is 0 Å². The van der Waals surface area contributed by atoms with E-state index >= 15 is 0 Å². The van der Waals surface area contributed by atoms with Crippen LogP contribution in [0.1, 0.15) is 51.9 Å². The minimum Gasteiger partial charge on any atom is -0.411 e. The molecule has 150 valence electrons. The lowest BCUT2D eigenvalue weighted by Crippen LogP contribution is -2.57. The van der Waals surface area contributed by atoms with Crippen LogP contribution >= 0.6 is 0 Å². The highest BCUT2D eigenvalue weighted by atomic mass is 16.5. The van der Waals surface area contributed by atoms with Crippen LogP contribution in [0.5, 0.6) is 0 Å². The number of ether oxygens (including phenoxy) is 1. The first-order chi connectivity index (χ1) is 13.7. The van der Waals surface area contributed by atoms with Crippen LogP contribution in [0.2, 0.25) is 0 Å². The lowest BCUT2D eigenvalue weighted by Gasteiger charge is -2.60. The molecule has 6 rings (SSSR count). The Kier molecular flexibility index (Phi) is 3.65. The van der Waals surface area contributed by atoms with E-state index in [1.165, 1.54) is 31.3 Å². The van der Waals surface area contributed by atoms with E-state index in [2.05, 4.69) is 43.0 Å². The van der Waals surface area contributed by atoms with Crippen LogP contribution in [0.4, 0.5) is 0 Å². The Hall–Kier alpha value is -1.35. The van der Waals surface area contributed by atoms with Crippen LogP contribution < -0.4 is 0 Å². The van der Waals surface area contributed by atoms with Gasteiger partial charge in [-0.3, -0.25) is 0 Å². The Balaban J connectivity index is 1.43. The normalized spacial score (nSPS) is 54.7. The molecule has 0 bridgehead atoms. The molecule has 6 unspecified atom stereocenters. The van der Waals surface area contributed by atoms with Crippen LogP contribution in [-0.4, -0.2) is 23.1 Å². The summed E-state index contributed by atoms with van der Waals surface area (Å²) in [5.41, 5.74) is 2.78. The molecule has 4 fully saturated rings. The Morgan fingerprint density at radius 1 is 1.36 bits per heavy atom. The minimum atomic E-state index is 0.0349. The first kappa shape index (κ1) is 17.5. The van der Waals surface area contributed by atoms with E-state index in [9.17, 15) is 5.21 Å². The van der Waals surface area contributed by atoms with Crippen LogP contribution in [-0.2, 0) is 4.74 Å². The van der Waals surface area contributed by atoms with Crippen molar-refractivity contribution in [1.29, 1.82) is 0 Å². The molecule has 0 saturated heterocycles. The van der Waals surface area contributed by atoms with Crippen LogP contribution in [0.25, 0.3) is 0 Å². The minimum absolute atomic E-state index is 0.0349. The van der Waals surface area contributed by atoms with E-state index in [1.54, 1.807) is 0 Å². The van der Waals surface area contributed by atoms with Crippen molar-refractivity contribution in [3.05, 3.63) is 36.5 Å². The molecule has 0 aromatic carbocycles. The lowest BCUT2D eigenvalue weighted by atomic mass is 9.46. The molecule has 28 heavy (non-hydrogen) atoms. The molecule has 0 radical (unpaired) electrons. The molecule has 3 nitrogen and oxygen atoms in total. The summed E-state index contributed by atoms with van der Waals surface area (Å²) in [6, 6.07) is 0. The summed E-state index contributed by atoms with van der Waals surface area (Å²) in [4.78, 5) is 0. The summed E-state index contributed by atoms with van der Waals surface area (Å²) in [5.74, 6) is 5.20. The second kappa shape index (κ2) is 5.84. The third kappa shape index (κ3) is 1.92. The summed E-state index contributed by atoms with van der Waals surface area (Å²) >= 11 is 0. The lowest BCUT2D eigenvalue weighted by molar-refractivity contribution is -0.148. The number of rotatable bonds is 2. The first-order valence-corrected chi connectivity index (χ1v) is 11.5.